The summed E-state index contributed by atoms with van der Waals surface area (Å²) in [5.41, 5.74) is 2.28. The highest BCUT2D eigenvalue weighted by molar-refractivity contribution is 5.99. The third-order valence-electron chi connectivity index (χ3n) is 4.09. The number of aryl methyl sites for hydroxylation is 1. The normalized spacial score (nSPS) is 10.8. The van der Waals surface area contributed by atoms with Crippen LogP contribution in [-0.4, -0.2) is 41.2 Å². The lowest BCUT2D eigenvalue weighted by Crippen LogP contribution is -2.33. The van der Waals surface area contributed by atoms with Crippen LogP contribution in [0.1, 0.15) is 21.7 Å². The fraction of sp³-hybridized carbons (Fsp3) is 0.263. The minimum Gasteiger partial charge on any atom is -0.497 e. The molecule has 1 amide bonds. The molecule has 2 heterocycles. The van der Waals surface area contributed by atoms with Gasteiger partial charge in [-0.3, -0.25) is 9.78 Å². The van der Waals surface area contributed by atoms with Crippen molar-refractivity contribution in [2.24, 2.45) is 0 Å². The van der Waals surface area contributed by atoms with E-state index in [0.717, 1.165) is 16.5 Å². The fourth-order valence-corrected chi connectivity index (χ4v) is 2.76. The zero-order valence-electron chi connectivity index (χ0n) is 14.2. The second-order valence-electron chi connectivity index (χ2n) is 5.73. The van der Waals surface area contributed by atoms with Gasteiger partial charge in [-0.05, 0) is 36.8 Å². The summed E-state index contributed by atoms with van der Waals surface area (Å²) in [6.45, 7) is 2.29. The van der Waals surface area contributed by atoms with Crippen molar-refractivity contribution in [2.75, 3.05) is 20.3 Å². The smallest absolute Gasteiger partial charge is 0.290 e. The molecular formula is C19H20N2O4. The molecule has 0 aliphatic rings. The van der Waals surface area contributed by atoms with Crippen LogP contribution < -0.4 is 4.74 Å². The molecule has 6 nitrogen and oxygen atoms in total. The standard InChI is InChI=1S/C19H20N2O4/c1-13-16-10-15(24-2)5-6-17(16)25-18(13)19(23)21(8-9-22)12-14-4-3-7-20-11-14/h3-7,10-11,22H,8-9,12H2,1-2H3. The summed E-state index contributed by atoms with van der Waals surface area (Å²) in [7, 11) is 1.60. The molecule has 0 aliphatic carbocycles. The van der Waals surface area contributed by atoms with Crippen LogP contribution >= 0.6 is 0 Å². The zero-order chi connectivity index (χ0) is 17.8. The SMILES string of the molecule is COc1ccc2oc(C(=O)N(CCO)Cc3cccnc3)c(C)c2c1. The van der Waals surface area contributed by atoms with Crippen molar-refractivity contribution in [3.05, 3.63) is 59.6 Å². The summed E-state index contributed by atoms with van der Waals surface area (Å²) in [4.78, 5) is 18.6. The Hall–Kier alpha value is -2.86. The topological polar surface area (TPSA) is 75.8 Å². The van der Waals surface area contributed by atoms with Crippen LogP contribution in [0.25, 0.3) is 11.0 Å². The number of pyridine rings is 1. The summed E-state index contributed by atoms with van der Waals surface area (Å²) in [6, 6.07) is 9.13. The molecule has 3 aromatic rings. The number of fused-ring (bicyclic) bond motifs is 1. The summed E-state index contributed by atoms with van der Waals surface area (Å²) in [6.07, 6.45) is 3.38. The van der Waals surface area contributed by atoms with E-state index in [9.17, 15) is 9.90 Å². The van der Waals surface area contributed by atoms with E-state index < -0.39 is 0 Å². The van der Waals surface area contributed by atoms with E-state index >= 15 is 0 Å². The lowest BCUT2D eigenvalue weighted by atomic mass is 10.1. The molecule has 0 atom stereocenters. The maximum atomic E-state index is 13.0. The molecule has 0 fully saturated rings. The molecule has 1 N–H and O–H groups in total. The first-order chi connectivity index (χ1) is 12.1. The number of aliphatic hydroxyl groups excluding tert-OH is 1. The molecule has 2 aromatic heterocycles. The van der Waals surface area contributed by atoms with E-state index in [-0.39, 0.29) is 24.8 Å². The molecule has 0 bridgehead atoms. The molecule has 3 rings (SSSR count). The molecule has 1 aromatic carbocycles. The fourth-order valence-electron chi connectivity index (χ4n) is 2.76. The number of nitrogens with zero attached hydrogens (tertiary/aromatic N) is 2. The molecule has 0 spiro atoms. The van der Waals surface area contributed by atoms with Gasteiger partial charge in [0.15, 0.2) is 5.76 Å². The van der Waals surface area contributed by atoms with E-state index in [1.54, 1.807) is 36.5 Å². The number of hydrogen-bond donors (Lipinski definition) is 1. The Kier molecular flexibility index (Phi) is 5.00. The lowest BCUT2D eigenvalue weighted by Gasteiger charge is -2.20. The average Bonchev–Trinajstić information content (AvgIpc) is 2.97. The number of carbonyl (C=O) groups is 1. The molecule has 0 unspecified atom stereocenters. The Morgan fingerprint density at radius 2 is 2.20 bits per heavy atom. The Bertz CT molecular complexity index is 874. The van der Waals surface area contributed by atoms with Gasteiger partial charge in [-0.15, -0.1) is 0 Å². The van der Waals surface area contributed by atoms with Gasteiger partial charge >= 0.3 is 0 Å². The molecule has 0 aliphatic heterocycles. The van der Waals surface area contributed by atoms with Gasteiger partial charge in [-0.1, -0.05) is 6.07 Å². The van der Waals surface area contributed by atoms with Crippen molar-refractivity contribution in [3.8, 4) is 5.75 Å². The number of carbonyl (C=O) groups excluding carboxylic acids is 1. The first kappa shape index (κ1) is 17.0. The van der Waals surface area contributed by atoms with Crippen molar-refractivity contribution in [1.82, 2.24) is 9.88 Å². The van der Waals surface area contributed by atoms with Gasteiger partial charge in [0.2, 0.25) is 0 Å². The molecule has 25 heavy (non-hydrogen) atoms. The van der Waals surface area contributed by atoms with Gasteiger partial charge in [0.25, 0.3) is 5.91 Å². The van der Waals surface area contributed by atoms with Crippen molar-refractivity contribution in [3.63, 3.8) is 0 Å². The van der Waals surface area contributed by atoms with Gasteiger partial charge in [0, 0.05) is 36.4 Å². The number of hydrogen-bond acceptors (Lipinski definition) is 5. The van der Waals surface area contributed by atoms with Gasteiger partial charge in [0.05, 0.1) is 13.7 Å². The largest absolute Gasteiger partial charge is 0.497 e. The predicted octanol–water partition coefficient (Wildman–Crippen LogP) is 2.78. The van der Waals surface area contributed by atoms with Crippen LogP contribution in [0.15, 0.2) is 47.1 Å². The Morgan fingerprint density at radius 1 is 1.36 bits per heavy atom. The Morgan fingerprint density at radius 3 is 2.88 bits per heavy atom. The third-order valence-corrected chi connectivity index (χ3v) is 4.09. The van der Waals surface area contributed by atoms with E-state index in [4.69, 9.17) is 9.15 Å². The van der Waals surface area contributed by atoms with Gasteiger partial charge in [-0.25, -0.2) is 0 Å². The maximum absolute atomic E-state index is 13.0. The summed E-state index contributed by atoms with van der Waals surface area (Å²) < 4.78 is 11.0. The molecule has 0 saturated heterocycles. The van der Waals surface area contributed by atoms with Crippen LogP contribution in [0.4, 0.5) is 0 Å². The van der Waals surface area contributed by atoms with Crippen molar-refractivity contribution >= 4 is 16.9 Å². The second kappa shape index (κ2) is 7.36. The number of rotatable bonds is 6. The van der Waals surface area contributed by atoms with Crippen molar-refractivity contribution in [2.45, 2.75) is 13.5 Å². The highest BCUT2D eigenvalue weighted by atomic mass is 16.5. The number of aliphatic hydroxyl groups is 1. The second-order valence-corrected chi connectivity index (χ2v) is 5.73. The van der Waals surface area contributed by atoms with E-state index in [2.05, 4.69) is 4.98 Å². The maximum Gasteiger partial charge on any atom is 0.290 e. The average molecular weight is 340 g/mol. The number of aromatic nitrogens is 1. The predicted molar refractivity (Wildman–Crippen MR) is 93.6 cm³/mol. The third kappa shape index (κ3) is 3.49. The molecule has 0 radical (unpaired) electrons. The zero-order valence-corrected chi connectivity index (χ0v) is 14.2. The van der Waals surface area contributed by atoms with Crippen LogP contribution in [0.5, 0.6) is 5.75 Å². The van der Waals surface area contributed by atoms with Crippen LogP contribution in [0.3, 0.4) is 0 Å². The summed E-state index contributed by atoms with van der Waals surface area (Å²) in [5, 5.41) is 10.2. The Balaban J connectivity index is 1.94. The summed E-state index contributed by atoms with van der Waals surface area (Å²) >= 11 is 0. The first-order valence-electron chi connectivity index (χ1n) is 8.00. The van der Waals surface area contributed by atoms with Gasteiger partial charge in [-0.2, -0.15) is 0 Å². The lowest BCUT2D eigenvalue weighted by molar-refractivity contribution is 0.0677. The molecule has 6 heteroatoms. The van der Waals surface area contributed by atoms with Gasteiger partial charge < -0.3 is 19.2 Å². The summed E-state index contributed by atoms with van der Waals surface area (Å²) in [5.74, 6) is 0.726. The molecular weight excluding hydrogens is 320 g/mol. The number of amides is 1. The van der Waals surface area contributed by atoms with Crippen LogP contribution in [-0.2, 0) is 6.54 Å². The number of benzene rings is 1. The van der Waals surface area contributed by atoms with E-state index in [1.165, 1.54) is 0 Å². The monoisotopic (exact) mass is 340 g/mol. The van der Waals surface area contributed by atoms with Crippen molar-refractivity contribution < 1.29 is 19.1 Å². The number of furan rings is 1. The van der Waals surface area contributed by atoms with E-state index in [1.807, 2.05) is 25.1 Å². The Labute approximate surface area is 145 Å². The molecule has 0 saturated carbocycles. The van der Waals surface area contributed by atoms with Gasteiger partial charge in [0.1, 0.15) is 11.3 Å². The van der Waals surface area contributed by atoms with Crippen LogP contribution in [0, 0.1) is 6.92 Å². The highest BCUT2D eigenvalue weighted by Gasteiger charge is 2.23. The minimum atomic E-state index is -0.259. The van der Waals surface area contributed by atoms with Crippen molar-refractivity contribution in [1.29, 1.82) is 0 Å². The quantitative estimate of drug-likeness (QED) is 0.747. The first-order valence-corrected chi connectivity index (χ1v) is 8.00. The number of ether oxygens (including phenoxy) is 1. The highest BCUT2D eigenvalue weighted by Crippen LogP contribution is 2.29. The molecule has 130 valence electrons. The van der Waals surface area contributed by atoms with E-state index in [0.29, 0.717) is 17.9 Å². The number of methoxy groups -OCH3 is 1. The van der Waals surface area contributed by atoms with Crippen LogP contribution in [0.2, 0.25) is 0 Å². The minimum absolute atomic E-state index is 0.126.